The molecule has 0 saturated heterocycles. The van der Waals surface area contributed by atoms with Gasteiger partial charge in [-0.1, -0.05) is 15.9 Å². The van der Waals surface area contributed by atoms with Crippen molar-refractivity contribution in [2.45, 2.75) is 20.3 Å². The molecule has 0 aromatic carbocycles. The van der Waals surface area contributed by atoms with Gasteiger partial charge in [-0.15, -0.1) is 0 Å². The summed E-state index contributed by atoms with van der Waals surface area (Å²) in [6.45, 7) is 3.27. The summed E-state index contributed by atoms with van der Waals surface area (Å²) in [5.41, 5.74) is 5.01. The van der Waals surface area contributed by atoms with Gasteiger partial charge in [-0.05, 0) is 13.8 Å². The number of nitrogens with two attached hydrogens (primary N) is 1. The van der Waals surface area contributed by atoms with E-state index in [2.05, 4.69) is 21.2 Å². The first-order valence-corrected chi connectivity index (χ1v) is 7.00. The van der Waals surface area contributed by atoms with E-state index in [9.17, 15) is 14.4 Å². The van der Waals surface area contributed by atoms with Crippen LogP contribution in [0.15, 0.2) is 4.42 Å². The molecule has 0 radical (unpaired) electrons. The van der Waals surface area contributed by atoms with Crippen molar-refractivity contribution in [3.05, 3.63) is 16.9 Å². The van der Waals surface area contributed by atoms with E-state index < -0.39 is 11.9 Å². The Hall–Kier alpha value is -1.83. The SMILES string of the molecule is CCOC(=O)c1c(C)oc(NC(=O)CCBr)c1C(N)=O. The second kappa shape index (κ2) is 7.09. The van der Waals surface area contributed by atoms with Crippen LogP contribution in [0.3, 0.4) is 0 Å². The Bertz CT molecular complexity index is 538. The molecule has 0 fully saturated rings. The first-order valence-electron chi connectivity index (χ1n) is 5.88. The summed E-state index contributed by atoms with van der Waals surface area (Å²) in [7, 11) is 0. The van der Waals surface area contributed by atoms with Crippen molar-refractivity contribution in [2.75, 3.05) is 17.3 Å². The van der Waals surface area contributed by atoms with Gasteiger partial charge in [-0.25, -0.2) is 4.79 Å². The van der Waals surface area contributed by atoms with Crippen LogP contribution in [-0.4, -0.2) is 29.7 Å². The molecule has 0 aliphatic rings. The molecule has 0 spiro atoms. The number of anilines is 1. The lowest BCUT2D eigenvalue weighted by Gasteiger charge is -2.03. The highest BCUT2D eigenvalue weighted by Gasteiger charge is 2.28. The predicted molar refractivity (Wildman–Crippen MR) is 75.0 cm³/mol. The molecule has 1 aromatic heterocycles. The van der Waals surface area contributed by atoms with Crippen molar-refractivity contribution in [3.8, 4) is 0 Å². The third-order valence-corrected chi connectivity index (χ3v) is 2.78. The molecule has 1 aromatic rings. The average Bonchev–Trinajstić information content (AvgIpc) is 2.66. The molecule has 1 rings (SSSR count). The molecular formula is C12H15BrN2O5. The van der Waals surface area contributed by atoms with E-state index in [4.69, 9.17) is 14.9 Å². The molecule has 8 heteroatoms. The van der Waals surface area contributed by atoms with Gasteiger partial charge in [0.15, 0.2) is 0 Å². The van der Waals surface area contributed by atoms with Gasteiger partial charge in [0.2, 0.25) is 11.8 Å². The van der Waals surface area contributed by atoms with E-state index in [-0.39, 0.29) is 41.7 Å². The lowest BCUT2D eigenvalue weighted by molar-refractivity contribution is -0.115. The van der Waals surface area contributed by atoms with Crippen LogP contribution in [-0.2, 0) is 9.53 Å². The number of primary amides is 1. The van der Waals surface area contributed by atoms with Gasteiger partial charge in [0, 0.05) is 11.8 Å². The molecule has 0 bridgehead atoms. The van der Waals surface area contributed by atoms with Crippen molar-refractivity contribution >= 4 is 39.6 Å². The predicted octanol–water partition coefficient (Wildman–Crippen LogP) is 1.59. The summed E-state index contributed by atoms with van der Waals surface area (Å²) in [6.07, 6.45) is 0.187. The number of aryl methyl sites for hydroxylation is 1. The fraction of sp³-hybridized carbons (Fsp3) is 0.417. The smallest absolute Gasteiger partial charge is 0.342 e. The Morgan fingerprint density at radius 1 is 1.35 bits per heavy atom. The zero-order chi connectivity index (χ0) is 15.3. The fourth-order valence-corrected chi connectivity index (χ4v) is 1.95. The van der Waals surface area contributed by atoms with E-state index >= 15 is 0 Å². The minimum atomic E-state index is -0.876. The number of carbonyl (C=O) groups is 3. The first kappa shape index (κ1) is 16.2. The van der Waals surface area contributed by atoms with Gasteiger partial charge in [-0.3, -0.25) is 14.9 Å². The summed E-state index contributed by atoms with van der Waals surface area (Å²) in [5.74, 6) is -1.94. The second-order valence-electron chi connectivity index (χ2n) is 3.81. The van der Waals surface area contributed by atoms with Crippen molar-refractivity contribution in [1.29, 1.82) is 0 Å². The van der Waals surface area contributed by atoms with Gasteiger partial charge < -0.3 is 14.9 Å². The summed E-state index contributed by atoms with van der Waals surface area (Å²) in [6, 6.07) is 0. The number of esters is 1. The Morgan fingerprint density at radius 2 is 2.00 bits per heavy atom. The lowest BCUT2D eigenvalue weighted by atomic mass is 10.1. The highest BCUT2D eigenvalue weighted by Crippen LogP contribution is 2.27. The summed E-state index contributed by atoms with van der Waals surface area (Å²) in [5, 5.41) is 2.86. The minimum Gasteiger partial charge on any atom is -0.462 e. The van der Waals surface area contributed by atoms with Crippen LogP contribution in [0.25, 0.3) is 0 Å². The van der Waals surface area contributed by atoms with Gasteiger partial charge >= 0.3 is 5.97 Å². The molecule has 0 aliphatic heterocycles. The second-order valence-corrected chi connectivity index (χ2v) is 4.60. The number of carbonyl (C=O) groups excluding carboxylic acids is 3. The molecule has 0 aliphatic carbocycles. The van der Waals surface area contributed by atoms with Crippen LogP contribution >= 0.6 is 15.9 Å². The number of ether oxygens (including phenoxy) is 1. The molecule has 110 valence electrons. The van der Waals surface area contributed by atoms with Crippen LogP contribution in [0.5, 0.6) is 0 Å². The van der Waals surface area contributed by atoms with E-state index in [0.29, 0.717) is 5.33 Å². The maximum Gasteiger partial charge on any atom is 0.342 e. The molecule has 1 heterocycles. The van der Waals surface area contributed by atoms with Crippen molar-refractivity contribution < 1.29 is 23.5 Å². The molecule has 3 N–H and O–H groups in total. The van der Waals surface area contributed by atoms with Gasteiger partial charge in [0.25, 0.3) is 5.91 Å². The zero-order valence-electron chi connectivity index (χ0n) is 11.1. The number of halogens is 1. The number of alkyl halides is 1. The topological polar surface area (TPSA) is 112 Å². The molecule has 0 atom stereocenters. The lowest BCUT2D eigenvalue weighted by Crippen LogP contribution is -2.20. The summed E-state index contributed by atoms with van der Waals surface area (Å²) in [4.78, 5) is 34.8. The highest BCUT2D eigenvalue weighted by molar-refractivity contribution is 9.09. The zero-order valence-corrected chi connectivity index (χ0v) is 12.7. The summed E-state index contributed by atoms with van der Waals surface area (Å²) >= 11 is 3.12. The first-order chi connectivity index (χ1) is 9.42. The van der Waals surface area contributed by atoms with Gasteiger partial charge in [0.1, 0.15) is 16.9 Å². The molecular weight excluding hydrogens is 332 g/mol. The average molecular weight is 347 g/mol. The van der Waals surface area contributed by atoms with Crippen molar-refractivity contribution in [1.82, 2.24) is 0 Å². The quantitative estimate of drug-likeness (QED) is 0.599. The number of amides is 2. The van der Waals surface area contributed by atoms with Crippen LogP contribution in [0.4, 0.5) is 5.88 Å². The largest absolute Gasteiger partial charge is 0.462 e. The van der Waals surface area contributed by atoms with E-state index in [0.717, 1.165) is 0 Å². The van der Waals surface area contributed by atoms with Crippen LogP contribution in [0.1, 0.15) is 39.8 Å². The molecule has 20 heavy (non-hydrogen) atoms. The third kappa shape index (κ3) is 3.60. The maximum atomic E-state index is 11.8. The molecule has 7 nitrogen and oxygen atoms in total. The Kier molecular flexibility index (Phi) is 5.75. The maximum absolute atomic E-state index is 11.8. The fourth-order valence-electron chi connectivity index (χ4n) is 1.59. The summed E-state index contributed by atoms with van der Waals surface area (Å²) < 4.78 is 10.1. The number of hydrogen-bond acceptors (Lipinski definition) is 5. The minimum absolute atomic E-state index is 0.0616. The number of hydrogen-bond donors (Lipinski definition) is 2. The third-order valence-electron chi connectivity index (χ3n) is 2.38. The van der Waals surface area contributed by atoms with Crippen molar-refractivity contribution in [3.63, 3.8) is 0 Å². The van der Waals surface area contributed by atoms with Crippen LogP contribution < -0.4 is 11.1 Å². The van der Waals surface area contributed by atoms with Gasteiger partial charge in [-0.2, -0.15) is 0 Å². The van der Waals surface area contributed by atoms with E-state index in [1.165, 1.54) is 6.92 Å². The Labute approximate surface area is 124 Å². The van der Waals surface area contributed by atoms with E-state index in [1.807, 2.05) is 0 Å². The van der Waals surface area contributed by atoms with Crippen LogP contribution in [0.2, 0.25) is 0 Å². The van der Waals surface area contributed by atoms with Crippen molar-refractivity contribution in [2.24, 2.45) is 5.73 Å². The molecule has 0 unspecified atom stereocenters. The van der Waals surface area contributed by atoms with Crippen LogP contribution in [0, 0.1) is 6.92 Å². The highest BCUT2D eigenvalue weighted by atomic mass is 79.9. The normalized spacial score (nSPS) is 10.2. The monoisotopic (exact) mass is 346 g/mol. The Morgan fingerprint density at radius 3 is 2.50 bits per heavy atom. The Balaban J connectivity index is 3.20. The van der Waals surface area contributed by atoms with Gasteiger partial charge in [0.05, 0.1) is 6.61 Å². The van der Waals surface area contributed by atoms with E-state index in [1.54, 1.807) is 6.92 Å². The molecule has 0 saturated carbocycles. The number of furan rings is 1. The number of rotatable bonds is 6. The standard InChI is InChI=1S/C12H15BrN2O5/c1-3-19-12(18)8-6(2)20-11(9(8)10(14)17)15-7(16)4-5-13/h3-5H2,1-2H3,(H2,14,17)(H,15,16). The number of nitrogens with one attached hydrogen (secondary N) is 1. The molecule has 2 amide bonds.